The second kappa shape index (κ2) is 10.2. The first kappa shape index (κ1) is 23.7. The van der Waals surface area contributed by atoms with E-state index in [9.17, 15) is 18.8 Å². The van der Waals surface area contributed by atoms with Gasteiger partial charge in [0, 0.05) is 29.7 Å². The number of hydrogen-bond acceptors (Lipinski definition) is 6. The summed E-state index contributed by atoms with van der Waals surface area (Å²) in [6, 6.07) is 7.57. The van der Waals surface area contributed by atoms with Gasteiger partial charge in [-0.2, -0.15) is 0 Å². The molecule has 0 bridgehead atoms. The first-order valence-electron chi connectivity index (χ1n) is 10.8. The number of hydrogen-bond donors (Lipinski definition) is 3. The summed E-state index contributed by atoms with van der Waals surface area (Å²) in [6.07, 6.45) is 3.54. The maximum Gasteiger partial charge on any atom is 0.261 e. The highest BCUT2D eigenvalue weighted by Gasteiger charge is 2.13. The number of nitrogens with zero attached hydrogens (tertiary/aromatic N) is 2. The maximum absolute atomic E-state index is 13.5. The average Bonchev–Trinajstić information content (AvgIpc) is 3.25. The number of H-pyrrole nitrogens is 1. The Morgan fingerprint density at radius 2 is 1.83 bits per heavy atom. The molecule has 0 fully saturated rings. The van der Waals surface area contributed by atoms with Crippen LogP contribution in [0.25, 0.3) is 21.8 Å². The van der Waals surface area contributed by atoms with E-state index in [1.807, 2.05) is 0 Å². The first-order chi connectivity index (χ1) is 16.9. The minimum absolute atomic E-state index is 0.248. The van der Waals surface area contributed by atoms with Crippen LogP contribution in [0.15, 0.2) is 47.7 Å². The normalized spacial score (nSPS) is 10.9. The molecule has 0 spiro atoms. The molecule has 11 heteroatoms. The lowest BCUT2D eigenvalue weighted by atomic mass is 10.1. The van der Waals surface area contributed by atoms with Gasteiger partial charge in [0.05, 0.1) is 38.0 Å². The molecule has 4 rings (SSSR count). The largest absolute Gasteiger partial charge is 0.493 e. The Kier molecular flexibility index (Phi) is 6.95. The van der Waals surface area contributed by atoms with Crippen LogP contribution in [0.1, 0.15) is 5.56 Å². The van der Waals surface area contributed by atoms with Crippen molar-refractivity contribution in [1.29, 1.82) is 0 Å². The number of amides is 2. The summed E-state index contributed by atoms with van der Waals surface area (Å²) in [5.74, 6) is -0.424. The average molecular weight is 481 g/mol. The van der Waals surface area contributed by atoms with Crippen LogP contribution < -0.4 is 25.7 Å². The van der Waals surface area contributed by atoms with E-state index in [0.29, 0.717) is 30.0 Å². The molecule has 182 valence electrons. The lowest BCUT2D eigenvalue weighted by molar-refractivity contribution is -0.126. The molecule has 0 aliphatic carbocycles. The van der Waals surface area contributed by atoms with Crippen molar-refractivity contribution in [3.8, 4) is 11.5 Å². The van der Waals surface area contributed by atoms with E-state index in [0.717, 1.165) is 21.0 Å². The zero-order chi connectivity index (χ0) is 24.9. The number of carbonyl (C=O) groups excluding carboxylic acids is 2. The molecule has 35 heavy (non-hydrogen) atoms. The molecule has 4 aromatic rings. The Labute approximate surface area is 199 Å². The lowest BCUT2D eigenvalue weighted by Gasteiger charge is -2.11. The van der Waals surface area contributed by atoms with Gasteiger partial charge in [0.25, 0.3) is 5.56 Å². The standard InChI is InChI=1S/C24H24FN5O5/c1-34-20-8-17-19(9-21(20)35-2)29-13-30(24(17)33)12-23(32)28-11-22(31)26-6-5-14-10-27-18-4-3-15(25)7-16(14)18/h3-4,7-10,13,27H,5-6,11-12H2,1-2H3,(H,26,31)(H,28,32). The van der Waals surface area contributed by atoms with Crippen molar-refractivity contribution in [3.63, 3.8) is 0 Å². The van der Waals surface area contributed by atoms with Crippen LogP contribution in [0.2, 0.25) is 0 Å². The third kappa shape index (κ3) is 5.24. The molecule has 0 aliphatic heterocycles. The van der Waals surface area contributed by atoms with Gasteiger partial charge in [-0.15, -0.1) is 0 Å². The van der Waals surface area contributed by atoms with Crippen LogP contribution in [-0.2, 0) is 22.6 Å². The Balaban J connectivity index is 1.30. The zero-order valence-corrected chi connectivity index (χ0v) is 19.2. The number of rotatable bonds is 9. The quantitative estimate of drug-likeness (QED) is 0.333. The van der Waals surface area contributed by atoms with E-state index in [1.54, 1.807) is 18.3 Å². The number of ether oxygens (including phenoxy) is 2. The highest BCUT2D eigenvalue weighted by Crippen LogP contribution is 2.29. The summed E-state index contributed by atoms with van der Waals surface area (Å²) in [5.41, 5.74) is 1.67. The van der Waals surface area contributed by atoms with Crippen molar-refractivity contribution >= 4 is 33.6 Å². The molecule has 2 aromatic carbocycles. The second-order valence-electron chi connectivity index (χ2n) is 7.78. The van der Waals surface area contributed by atoms with Gasteiger partial charge in [0.1, 0.15) is 12.4 Å². The van der Waals surface area contributed by atoms with Crippen molar-refractivity contribution in [3.05, 3.63) is 64.6 Å². The van der Waals surface area contributed by atoms with Gasteiger partial charge in [-0.05, 0) is 36.2 Å². The molecular formula is C24H24FN5O5. The van der Waals surface area contributed by atoms with E-state index < -0.39 is 11.5 Å². The third-order valence-electron chi connectivity index (χ3n) is 5.54. The van der Waals surface area contributed by atoms with E-state index in [4.69, 9.17) is 9.47 Å². The molecule has 0 saturated heterocycles. The fraction of sp³-hybridized carbons (Fsp3) is 0.250. The monoisotopic (exact) mass is 481 g/mol. The smallest absolute Gasteiger partial charge is 0.261 e. The van der Waals surface area contributed by atoms with Crippen molar-refractivity contribution in [2.45, 2.75) is 13.0 Å². The van der Waals surface area contributed by atoms with Gasteiger partial charge in [0.15, 0.2) is 11.5 Å². The summed E-state index contributed by atoms with van der Waals surface area (Å²) in [5, 5.41) is 6.23. The molecule has 2 aromatic heterocycles. The molecule has 0 aliphatic rings. The van der Waals surface area contributed by atoms with E-state index in [-0.39, 0.29) is 30.2 Å². The number of benzene rings is 2. The number of nitrogens with one attached hydrogen (secondary N) is 3. The van der Waals surface area contributed by atoms with Gasteiger partial charge in [0.2, 0.25) is 11.8 Å². The van der Waals surface area contributed by atoms with Gasteiger partial charge >= 0.3 is 0 Å². The van der Waals surface area contributed by atoms with E-state index in [1.165, 1.54) is 38.7 Å². The minimum atomic E-state index is -0.518. The Bertz CT molecular complexity index is 1460. The van der Waals surface area contributed by atoms with Crippen LogP contribution in [0, 0.1) is 5.82 Å². The molecule has 2 heterocycles. The van der Waals surface area contributed by atoms with Gasteiger partial charge < -0.3 is 25.1 Å². The number of halogens is 1. The van der Waals surface area contributed by atoms with Crippen LogP contribution in [0.5, 0.6) is 11.5 Å². The van der Waals surface area contributed by atoms with Crippen molar-refractivity contribution in [2.75, 3.05) is 27.3 Å². The van der Waals surface area contributed by atoms with Crippen LogP contribution >= 0.6 is 0 Å². The molecule has 3 N–H and O–H groups in total. The molecule has 2 amide bonds. The SMILES string of the molecule is COc1cc2ncn(CC(=O)NCC(=O)NCCc3c[nH]c4ccc(F)cc34)c(=O)c2cc1OC. The molecule has 10 nitrogen and oxygen atoms in total. The summed E-state index contributed by atoms with van der Waals surface area (Å²) < 4.78 is 25.1. The topological polar surface area (TPSA) is 127 Å². The number of aromatic nitrogens is 3. The minimum Gasteiger partial charge on any atom is -0.493 e. The Morgan fingerprint density at radius 1 is 1.06 bits per heavy atom. The maximum atomic E-state index is 13.5. The summed E-state index contributed by atoms with van der Waals surface area (Å²) >= 11 is 0. The predicted octanol–water partition coefficient (Wildman–Crippen LogP) is 1.51. The van der Waals surface area contributed by atoms with E-state index in [2.05, 4.69) is 20.6 Å². The van der Waals surface area contributed by atoms with Crippen LogP contribution in [0.3, 0.4) is 0 Å². The molecular weight excluding hydrogens is 457 g/mol. The van der Waals surface area contributed by atoms with Crippen molar-refractivity contribution in [2.24, 2.45) is 0 Å². The third-order valence-corrected chi connectivity index (χ3v) is 5.54. The predicted molar refractivity (Wildman–Crippen MR) is 127 cm³/mol. The number of carbonyl (C=O) groups is 2. The van der Waals surface area contributed by atoms with Crippen LogP contribution in [-0.4, -0.2) is 53.7 Å². The fourth-order valence-corrected chi connectivity index (χ4v) is 3.74. The Morgan fingerprint density at radius 3 is 2.60 bits per heavy atom. The molecule has 0 saturated carbocycles. The summed E-state index contributed by atoms with van der Waals surface area (Å²) in [6.45, 7) is -0.232. The molecule has 0 atom stereocenters. The molecule has 0 radical (unpaired) electrons. The number of fused-ring (bicyclic) bond motifs is 2. The lowest BCUT2D eigenvalue weighted by Crippen LogP contribution is -2.40. The van der Waals surface area contributed by atoms with Gasteiger partial charge in [-0.3, -0.25) is 19.0 Å². The van der Waals surface area contributed by atoms with E-state index >= 15 is 0 Å². The van der Waals surface area contributed by atoms with Crippen LogP contribution in [0.4, 0.5) is 4.39 Å². The molecule has 0 unspecified atom stereocenters. The second-order valence-corrected chi connectivity index (χ2v) is 7.78. The highest BCUT2D eigenvalue weighted by atomic mass is 19.1. The summed E-state index contributed by atoms with van der Waals surface area (Å²) in [7, 11) is 2.94. The van der Waals surface area contributed by atoms with Crippen molar-refractivity contribution in [1.82, 2.24) is 25.2 Å². The number of methoxy groups -OCH3 is 2. The zero-order valence-electron chi connectivity index (χ0n) is 19.2. The number of aromatic amines is 1. The van der Waals surface area contributed by atoms with Gasteiger partial charge in [-0.1, -0.05) is 0 Å². The summed E-state index contributed by atoms with van der Waals surface area (Å²) in [4.78, 5) is 44.5. The van der Waals surface area contributed by atoms with Gasteiger partial charge in [-0.25, -0.2) is 9.37 Å². The first-order valence-corrected chi connectivity index (χ1v) is 10.8. The fourth-order valence-electron chi connectivity index (χ4n) is 3.74. The van der Waals surface area contributed by atoms with Crippen molar-refractivity contribution < 1.29 is 23.5 Å². The highest BCUT2D eigenvalue weighted by molar-refractivity contribution is 5.86. The Hall–Kier alpha value is -4.41.